The maximum Gasteiger partial charge on any atom is 0.290 e. The number of amides is 1. The summed E-state index contributed by atoms with van der Waals surface area (Å²) >= 11 is 0. The Bertz CT molecular complexity index is 1520. The van der Waals surface area contributed by atoms with Crippen molar-refractivity contribution in [1.29, 1.82) is 0 Å². The molecule has 36 heavy (non-hydrogen) atoms. The Kier molecular flexibility index (Phi) is 6.01. The first-order chi connectivity index (χ1) is 17.5. The summed E-state index contributed by atoms with van der Waals surface area (Å²) in [7, 11) is 4.59. The number of methoxy groups -OCH3 is 3. The lowest BCUT2D eigenvalue weighted by Crippen LogP contribution is -2.31. The van der Waals surface area contributed by atoms with Crippen molar-refractivity contribution in [2.24, 2.45) is 0 Å². The third-order valence-corrected chi connectivity index (χ3v) is 6.48. The Labute approximate surface area is 207 Å². The number of nitrogens with zero attached hydrogens (tertiary/aromatic N) is 1. The zero-order chi connectivity index (χ0) is 25.4. The molecule has 0 saturated heterocycles. The molecule has 2 heterocycles. The van der Waals surface area contributed by atoms with E-state index in [0.717, 1.165) is 5.56 Å². The summed E-state index contributed by atoms with van der Waals surface area (Å²) in [4.78, 5) is 28.8. The van der Waals surface area contributed by atoms with Gasteiger partial charge in [0.1, 0.15) is 5.58 Å². The van der Waals surface area contributed by atoms with Gasteiger partial charge in [-0.2, -0.15) is 0 Å². The number of phenolic OH excluding ortho intramolecular Hbond substituents is 1. The minimum atomic E-state index is -0.706. The number of carbonyl (C=O) groups is 1. The quantitative estimate of drug-likeness (QED) is 0.415. The second kappa shape index (κ2) is 9.30. The highest BCUT2D eigenvalue weighted by molar-refractivity contribution is 5.99. The first kappa shape index (κ1) is 23.3. The summed E-state index contributed by atoms with van der Waals surface area (Å²) in [5.41, 5.74) is 1.94. The van der Waals surface area contributed by atoms with Gasteiger partial charge in [-0.1, -0.05) is 24.3 Å². The van der Waals surface area contributed by atoms with Crippen LogP contribution in [0.15, 0.2) is 69.9 Å². The standard InChI is InChI=1S/C28H25NO7/c1-33-21-11-8-16(14-23(21)35-3)12-13-29-25(17-9-10-19(30)22(15-17)34-2)24-26(31)18-6-4-5-7-20(18)36-27(24)28(29)32/h4-11,14-15,25,30H,12-13H2,1-3H3/t25-/m0/s1. The first-order valence-corrected chi connectivity index (χ1v) is 11.4. The van der Waals surface area contributed by atoms with E-state index >= 15 is 0 Å². The number of hydrogen-bond acceptors (Lipinski definition) is 7. The van der Waals surface area contributed by atoms with Crippen LogP contribution in [-0.4, -0.2) is 43.8 Å². The molecular weight excluding hydrogens is 462 g/mol. The average Bonchev–Trinajstić information content (AvgIpc) is 3.19. The van der Waals surface area contributed by atoms with Crippen LogP contribution in [0.25, 0.3) is 11.0 Å². The van der Waals surface area contributed by atoms with Gasteiger partial charge in [0.15, 0.2) is 28.4 Å². The number of benzene rings is 3. The fourth-order valence-corrected chi connectivity index (χ4v) is 4.69. The fraction of sp³-hybridized carbons (Fsp3) is 0.214. The van der Waals surface area contributed by atoms with Crippen LogP contribution in [0.5, 0.6) is 23.0 Å². The van der Waals surface area contributed by atoms with Crippen LogP contribution >= 0.6 is 0 Å². The molecule has 0 fully saturated rings. The number of ether oxygens (including phenoxy) is 3. The first-order valence-electron chi connectivity index (χ1n) is 11.4. The van der Waals surface area contributed by atoms with E-state index in [-0.39, 0.29) is 34.2 Å². The number of phenols is 1. The van der Waals surface area contributed by atoms with E-state index < -0.39 is 6.04 Å². The number of aromatic hydroxyl groups is 1. The summed E-state index contributed by atoms with van der Waals surface area (Å²) in [6.07, 6.45) is 0.500. The molecule has 1 atom stereocenters. The van der Waals surface area contributed by atoms with Gasteiger partial charge in [0, 0.05) is 6.54 Å². The molecule has 184 valence electrons. The van der Waals surface area contributed by atoms with Gasteiger partial charge in [-0.05, 0) is 53.9 Å². The third kappa shape index (κ3) is 3.80. The van der Waals surface area contributed by atoms with Crippen molar-refractivity contribution >= 4 is 16.9 Å². The molecule has 8 heteroatoms. The molecule has 8 nitrogen and oxygen atoms in total. The molecule has 0 spiro atoms. The molecule has 4 aromatic rings. The Morgan fingerprint density at radius 3 is 2.39 bits per heavy atom. The van der Waals surface area contributed by atoms with Crippen molar-refractivity contribution in [3.63, 3.8) is 0 Å². The molecule has 0 radical (unpaired) electrons. The van der Waals surface area contributed by atoms with E-state index in [1.807, 2.05) is 18.2 Å². The van der Waals surface area contributed by atoms with E-state index in [1.165, 1.54) is 13.2 Å². The Morgan fingerprint density at radius 1 is 0.889 bits per heavy atom. The molecule has 1 aliphatic rings. The van der Waals surface area contributed by atoms with E-state index in [9.17, 15) is 14.7 Å². The second-order valence-electron chi connectivity index (χ2n) is 8.44. The van der Waals surface area contributed by atoms with Crippen LogP contribution in [-0.2, 0) is 6.42 Å². The van der Waals surface area contributed by atoms with Gasteiger partial charge in [-0.15, -0.1) is 0 Å². The summed E-state index contributed by atoms with van der Waals surface area (Å²) in [6.45, 7) is 0.308. The van der Waals surface area contributed by atoms with Crippen LogP contribution in [0.1, 0.15) is 33.3 Å². The molecule has 1 aliphatic heterocycles. The molecule has 3 aromatic carbocycles. The van der Waals surface area contributed by atoms with Crippen molar-refractivity contribution in [3.05, 3.63) is 93.3 Å². The highest BCUT2D eigenvalue weighted by Crippen LogP contribution is 2.41. The van der Waals surface area contributed by atoms with Crippen LogP contribution in [0, 0.1) is 0 Å². The molecule has 0 unspecified atom stereocenters. The summed E-state index contributed by atoms with van der Waals surface area (Å²) in [5, 5.41) is 10.5. The van der Waals surface area contributed by atoms with Gasteiger partial charge < -0.3 is 28.6 Å². The average molecular weight is 488 g/mol. The summed E-state index contributed by atoms with van der Waals surface area (Å²) in [5.74, 6) is 1.08. The van der Waals surface area contributed by atoms with Gasteiger partial charge in [0.05, 0.1) is 38.3 Å². The number of hydrogen-bond donors (Lipinski definition) is 1. The highest BCUT2D eigenvalue weighted by atomic mass is 16.5. The van der Waals surface area contributed by atoms with Crippen molar-refractivity contribution in [2.45, 2.75) is 12.5 Å². The second-order valence-corrected chi connectivity index (χ2v) is 8.44. The zero-order valence-corrected chi connectivity index (χ0v) is 20.1. The predicted molar refractivity (Wildman–Crippen MR) is 133 cm³/mol. The topological polar surface area (TPSA) is 98.4 Å². The monoisotopic (exact) mass is 487 g/mol. The van der Waals surface area contributed by atoms with Crippen LogP contribution in [0.4, 0.5) is 0 Å². The van der Waals surface area contributed by atoms with Crippen molar-refractivity contribution in [1.82, 2.24) is 4.90 Å². The van der Waals surface area contributed by atoms with Gasteiger partial charge in [0.25, 0.3) is 5.91 Å². The maximum absolute atomic E-state index is 13.6. The van der Waals surface area contributed by atoms with Crippen LogP contribution in [0.3, 0.4) is 0 Å². The van der Waals surface area contributed by atoms with E-state index in [0.29, 0.717) is 41.0 Å². The Hall–Kier alpha value is -4.46. The Balaban J connectivity index is 1.60. The molecule has 0 aliphatic carbocycles. The van der Waals surface area contributed by atoms with E-state index in [1.54, 1.807) is 55.5 Å². The Morgan fingerprint density at radius 2 is 1.64 bits per heavy atom. The SMILES string of the molecule is COc1cc([C@H]2c3c(oc4ccccc4c3=O)C(=O)N2CCc2ccc(OC)c(OC)c2)ccc1O. The number of rotatable bonds is 7. The number of para-hydroxylation sites is 1. The number of fused-ring (bicyclic) bond motifs is 2. The number of carbonyl (C=O) groups excluding carboxylic acids is 1. The molecule has 1 aromatic heterocycles. The van der Waals surface area contributed by atoms with Gasteiger partial charge >= 0.3 is 0 Å². The van der Waals surface area contributed by atoms with E-state index in [4.69, 9.17) is 18.6 Å². The lowest BCUT2D eigenvalue weighted by Gasteiger charge is -2.25. The lowest BCUT2D eigenvalue weighted by atomic mass is 9.97. The predicted octanol–water partition coefficient (Wildman–Crippen LogP) is 4.31. The lowest BCUT2D eigenvalue weighted by molar-refractivity contribution is 0.0730. The molecule has 0 bridgehead atoms. The van der Waals surface area contributed by atoms with Crippen LogP contribution in [0.2, 0.25) is 0 Å². The van der Waals surface area contributed by atoms with Crippen molar-refractivity contribution in [3.8, 4) is 23.0 Å². The van der Waals surface area contributed by atoms with Gasteiger partial charge in [-0.3, -0.25) is 9.59 Å². The van der Waals surface area contributed by atoms with E-state index in [2.05, 4.69) is 0 Å². The fourth-order valence-electron chi connectivity index (χ4n) is 4.69. The normalized spacial score (nSPS) is 14.7. The molecule has 1 N–H and O–H groups in total. The zero-order valence-electron chi connectivity index (χ0n) is 20.1. The molecule has 1 amide bonds. The van der Waals surface area contributed by atoms with Crippen molar-refractivity contribution in [2.75, 3.05) is 27.9 Å². The summed E-state index contributed by atoms with van der Waals surface area (Å²) < 4.78 is 22.0. The molecule has 5 rings (SSSR count). The van der Waals surface area contributed by atoms with Crippen molar-refractivity contribution < 1.29 is 28.5 Å². The molecule has 0 saturated carbocycles. The van der Waals surface area contributed by atoms with Gasteiger partial charge in [-0.25, -0.2) is 0 Å². The third-order valence-electron chi connectivity index (χ3n) is 6.48. The largest absolute Gasteiger partial charge is 0.504 e. The minimum Gasteiger partial charge on any atom is -0.504 e. The van der Waals surface area contributed by atoms with Crippen LogP contribution < -0.4 is 19.6 Å². The highest BCUT2D eigenvalue weighted by Gasteiger charge is 2.42. The smallest absolute Gasteiger partial charge is 0.290 e. The molecular formula is C28H25NO7. The maximum atomic E-state index is 13.6. The minimum absolute atomic E-state index is 0.0306. The van der Waals surface area contributed by atoms with Gasteiger partial charge in [0.2, 0.25) is 5.76 Å². The summed E-state index contributed by atoms with van der Waals surface area (Å²) in [6, 6.07) is 16.6.